The molecule has 1 aliphatic heterocycles. The minimum Gasteiger partial charge on any atom is -0.313 e. The Balaban J connectivity index is 2.41. The van der Waals surface area contributed by atoms with Gasteiger partial charge in [-0.3, -0.25) is 0 Å². The van der Waals surface area contributed by atoms with E-state index < -0.39 is 0 Å². The summed E-state index contributed by atoms with van der Waals surface area (Å²) >= 11 is 0. The molecule has 1 N–H and O–H groups in total. The van der Waals surface area contributed by atoms with Gasteiger partial charge in [0.2, 0.25) is 0 Å². The van der Waals surface area contributed by atoms with Crippen LogP contribution in [0.5, 0.6) is 0 Å². The van der Waals surface area contributed by atoms with Crippen LogP contribution in [0.4, 0.5) is 0 Å². The molecule has 0 amide bonds. The van der Waals surface area contributed by atoms with E-state index in [0.29, 0.717) is 0 Å². The normalized spacial score (nSPS) is 32.9. The zero-order chi connectivity index (χ0) is 8.10. The van der Waals surface area contributed by atoms with Gasteiger partial charge in [0.05, 0.1) is 0 Å². The van der Waals surface area contributed by atoms with E-state index in [-0.39, 0.29) is 0 Å². The second kappa shape index (κ2) is 4.55. The second-order valence-electron chi connectivity index (χ2n) is 3.57. The van der Waals surface area contributed by atoms with Crippen molar-refractivity contribution >= 4 is 0 Å². The van der Waals surface area contributed by atoms with Crippen molar-refractivity contribution in [1.82, 2.24) is 5.32 Å². The summed E-state index contributed by atoms with van der Waals surface area (Å²) in [6, 6.07) is 0. The first-order valence-electron chi connectivity index (χ1n) is 4.70. The fraction of sp³-hybridized carbons (Fsp3) is 0.800. The van der Waals surface area contributed by atoms with Gasteiger partial charge in [-0.15, -0.1) is 0 Å². The number of allylic oxidation sites excluding steroid dienone is 1. The molecule has 64 valence electrons. The van der Waals surface area contributed by atoms with Crippen LogP contribution in [-0.2, 0) is 0 Å². The first-order valence-corrected chi connectivity index (χ1v) is 4.70. The largest absolute Gasteiger partial charge is 0.313 e. The Bertz CT molecular complexity index is 129. The lowest BCUT2D eigenvalue weighted by Gasteiger charge is -2.20. The molecule has 0 aromatic rings. The van der Waals surface area contributed by atoms with Gasteiger partial charge in [-0.05, 0) is 24.8 Å². The Kier molecular flexibility index (Phi) is 3.64. The van der Waals surface area contributed by atoms with Crippen LogP contribution < -0.4 is 5.32 Å². The molecule has 1 nitrogen and oxygen atoms in total. The maximum absolute atomic E-state index is 3.42. The van der Waals surface area contributed by atoms with Crippen molar-refractivity contribution in [3.05, 3.63) is 12.2 Å². The maximum atomic E-state index is 3.42. The van der Waals surface area contributed by atoms with Crippen LogP contribution in [0.3, 0.4) is 0 Å². The highest BCUT2D eigenvalue weighted by Gasteiger charge is 2.10. The minimum absolute atomic E-state index is 0.780. The van der Waals surface area contributed by atoms with Crippen molar-refractivity contribution in [2.24, 2.45) is 11.8 Å². The molecule has 1 heteroatoms. The lowest BCUT2D eigenvalue weighted by molar-refractivity contribution is 0.394. The van der Waals surface area contributed by atoms with Gasteiger partial charge in [0, 0.05) is 6.54 Å². The molecule has 0 saturated carbocycles. The van der Waals surface area contributed by atoms with E-state index in [9.17, 15) is 0 Å². The predicted molar refractivity (Wildman–Crippen MR) is 49.6 cm³/mol. The smallest absolute Gasteiger partial charge is 0.0135 e. The number of rotatable bonds is 1. The lowest BCUT2D eigenvalue weighted by atomic mass is 9.92. The maximum Gasteiger partial charge on any atom is 0.0135 e. The second-order valence-corrected chi connectivity index (χ2v) is 3.57. The molecule has 0 bridgehead atoms. The average molecular weight is 153 g/mol. The van der Waals surface area contributed by atoms with E-state index in [1.807, 2.05) is 0 Å². The Morgan fingerprint density at radius 2 is 2.36 bits per heavy atom. The van der Waals surface area contributed by atoms with E-state index in [0.717, 1.165) is 18.4 Å². The van der Waals surface area contributed by atoms with Crippen LogP contribution in [0.2, 0.25) is 0 Å². The van der Waals surface area contributed by atoms with Gasteiger partial charge >= 0.3 is 0 Å². The summed E-state index contributed by atoms with van der Waals surface area (Å²) in [6.07, 6.45) is 7.23. The molecule has 0 aliphatic carbocycles. The minimum atomic E-state index is 0.780. The van der Waals surface area contributed by atoms with E-state index in [1.54, 1.807) is 0 Å². The van der Waals surface area contributed by atoms with Gasteiger partial charge in [-0.25, -0.2) is 0 Å². The van der Waals surface area contributed by atoms with Gasteiger partial charge in [0.1, 0.15) is 0 Å². The molecule has 1 rings (SSSR count). The molecule has 0 spiro atoms. The van der Waals surface area contributed by atoms with E-state index >= 15 is 0 Å². The fourth-order valence-corrected chi connectivity index (χ4v) is 1.67. The van der Waals surface area contributed by atoms with Crippen molar-refractivity contribution < 1.29 is 0 Å². The fourth-order valence-electron chi connectivity index (χ4n) is 1.67. The molecule has 2 atom stereocenters. The lowest BCUT2D eigenvalue weighted by Crippen LogP contribution is -2.25. The molecule has 0 fully saturated rings. The van der Waals surface area contributed by atoms with Crippen LogP contribution in [0.1, 0.15) is 26.7 Å². The summed E-state index contributed by atoms with van der Waals surface area (Å²) in [5, 5.41) is 3.42. The molecule has 2 unspecified atom stereocenters. The molecular weight excluding hydrogens is 134 g/mol. The third kappa shape index (κ3) is 3.06. The van der Waals surface area contributed by atoms with Crippen LogP contribution in [-0.4, -0.2) is 13.1 Å². The van der Waals surface area contributed by atoms with Crippen molar-refractivity contribution in [2.45, 2.75) is 26.7 Å². The summed E-state index contributed by atoms with van der Waals surface area (Å²) in [7, 11) is 0. The van der Waals surface area contributed by atoms with Gasteiger partial charge < -0.3 is 5.32 Å². The molecule has 0 aromatic carbocycles. The Morgan fingerprint density at radius 1 is 1.55 bits per heavy atom. The highest BCUT2D eigenvalue weighted by Crippen LogP contribution is 2.16. The summed E-state index contributed by atoms with van der Waals surface area (Å²) in [4.78, 5) is 0. The van der Waals surface area contributed by atoms with Crippen LogP contribution in [0, 0.1) is 11.8 Å². The average Bonchev–Trinajstić information content (AvgIpc) is 1.96. The molecule has 0 saturated heterocycles. The topological polar surface area (TPSA) is 12.0 Å². The monoisotopic (exact) mass is 153 g/mol. The van der Waals surface area contributed by atoms with Crippen LogP contribution in [0.15, 0.2) is 12.2 Å². The summed E-state index contributed by atoms with van der Waals surface area (Å²) in [5.41, 5.74) is 0. The summed E-state index contributed by atoms with van der Waals surface area (Å²) in [6.45, 7) is 6.85. The zero-order valence-electron chi connectivity index (χ0n) is 7.64. The van der Waals surface area contributed by atoms with Gasteiger partial charge in [-0.2, -0.15) is 0 Å². The van der Waals surface area contributed by atoms with Crippen molar-refractivity contribution in [1.29, 1.82) is 0 Å². The molecule has 1 aliphatic rings. The SMILES string of the molecule is CCC1CNCC=CC(C)C1. The van der Waals surface area contributed by atoms with Gasteiger partial charge in [0.15, 0.2) is 0 Å². The van der Waals surface area contributed by atoms with Gasteiger partial charge in [-0.1, -0.05) is 32.4 Å². The van der Waals surface area contributed by atoms with Crippen LogP contribution in [0.25, 0.3) is 0 Å². The quantitative estimate of drug-likeness (QED) is 0.569. The highest BCUT2D eigenvalue weighted by atomic mass is 14.8. The standard InChI is InChI=1S/C10H19N/c1-3-10-7-9(2)5-4-6-11-8-10/h4-5,9-11H,3,6-8H2,1-2H3. The summed E-state index contributed by atoms with van der Waals surface area (Å²) < 4.78 is 0. The molecule has 11 heavy (non-hydrogen) atoms. The van der Waals surface area contributed by atoms with E-state index in [1.165, 1.54) is 19.4 Å². The number of nitrogens with one attached hydrogen (secondary N) is 1. The molecule has 1 heterocycles. The third-order valence-corrected chi connectivity index (χ3v) is 2.44. The Labute approximate surface area is 69.9 Å². The summed E-state index contributed by atoms with van der Waals surface area (Å²) in [5.74, 6) is 1.66. The van der Waals surface area contributed by atoms with Crippen molar-refractivity contribution in [2.75, 3.05) is 13.1 Å². The molecule has 0 aromatic heterocycles. The van der Waals surface area contributed by atoms with Crippen molar-refractivity contribution in [3.8, 4) is 0 Å². The Hall–Kier alpha value is -0.300. The number of hydrogen-bond donors (Lipinski definition) is 1. The first-order chi connectivity index (χ1) is 5.33. The van der Waals surface area contributed by atoms with E-state index in [4.69, 9.17) is 0 Å². The third-order valence-electron chi connectivity index (χ3n) is 2.44. The molecule has 0 radical (unpaired) electrons. The van der Waals surface area contributed by atoms with E-state index in [2.05, 4.69) is 31.3 Å². The van der Waals surface area contributed by atoms with Crippen LogP contribution >= 0.6 is 0 Å². The van der Waals surface area contributed by atoms with Gasteiger partial charge in [0.25, 0.3) is 0 Å². The highest BCUT2D eigenvalue weighted by molar-refractivity contribution is 4.91. The first kappa shape index (κ1) is 8.79. The van der Waals surface area contributed by atoms with Crippen molar-refractivity contribution in [3.63, 3.8) is 0 Å². The molecular formula is C10H19N. The number of hydrogen-bond acceptors (Lipinski definition) is 1. The predicted octanol–water partition coefficient (Wildman–Crippen LogP) is 2.20. The Morgan fingerprint density at radius 3 is 3.09 bits per heavy atom. The zero-order valence-corrected chi connectivity index (χ0v) is 7.64.